The van der Waals surface area contributed by atoms with Crippen molar-refractivity contribution in [3.8, 4) is 11.5 Å². The van der Waals surface area contributed by atoms with Gasteiger partial charge in [0.1, 0.15) is 16.3 Å². The molecule has 0 spiro atoms. The highest BCUT2D eigenvalue weighted by atomic mass is 35.5. The van der Waals surface area contributed by atoms with Crippen molar-refractivity contribution in [3.63, 3.8) is 0 Å². The smallest absolute Gasteiger partial charge is 0.265 e. The first-order valence-corrected chi connectivity index (χ1v) is 9.26. The second-order valence-electron chi connectivity index (χ2n) is 5.11. The maximum absolute atomic E-state index is 12.6. The minimum absolute atomic E-state index is 0.244. The molecule has 0 unspecified atom stereocenters. The van der Waals surface area contributed by atoms with Gasteiger partial charge < -0.3 is 14.8 Å². The van der Waals surface area contributed by atoms with Crippen molar-refractivity contribution < 1.29 is 14.3 Å². The van der Waals surface area contributed by atoms with Gasteiger partial charge in [0.25, 0.3) is 5.91 Å². The molecule has 3 aromatic heterocycles. The molecule has 0 bridgehead atoms. The standard InChI is InChI=1S/C16H12ClN3O3S2/c1-22-11-7-12(23-2)9(5-8(11)17)18-14(21)13-6-10-15(25-13)19-16-20(10)3-4-24-16/h3-7H,1-2H3,(H,18,21). The number of carbonyl (C=O) groups excluding carboxylic acids is 1. The van der Waals surface area contributed by atoms with Crippen LogP contribution in [0.3, 0.4) is 0 Å². The third-order valence-corrected chi connectivity index (χ3v) is 5.75. The van der Waals surface area contributed by atoms with Crippen LogP contribution in [0, 0.1) is 0 Å². The number of anilines is 1. The summed E-state index contributed by atoms with van der Waals surface area (Å²) in [5, 5.41) is 5.19. The number of methoxy groups -OCH3 is 2. The molecule has 1 aromatic carbocycles. The normalized spacial score (nSPS) is 11.2. The van der Waals surface area contributed by atoms with Crippen LogP contribution in [0.15, 0.2) is 29.8 Å². The molecule has 4 rings (SSSR count). The number of benzene rings is 1. The summed E-state index contributed by atoms with van der Waals surface area (Å²) < 4.78 is 12.4. The van der Waals surface area contributed by atoms with E-state index in [1.54, 1.807) is 23.5 Å². The maximum atomic E-state index is 12.6. The number of amides is 1. The molecule has 3 heterocycles. The van der Waals surface area contributed by atoms with Crippen molar-refractivity contribution in [3.05, 3.63) is 39.7 Å². The van der Waals surface area contributed by atoms with Crippen LogP contribution >= 0.6 is 34.3 Å². The molecule has 0 fully saturated rings. The van der Waals surface area contributed by atoms with E-state index in [0.29, 0.717) is 27.1 Å². The second-order valence-corrected chi connectivity index (χ2v) is 7.42. The first-order chi connectivity index (χ1) is 12.1. The lowest BCUT2D eigenvalue weighted by atomic mass is 10.2. The Labute approximate surface area is 155 Å². The van der Waals surface area contributed by atoms with Crippen LogP contribution in [-0.2, 0) is 0 Å². The number of ether oxygens (including phenoxy) is 2. The third-order valence-electron chi connectivity index (χ3n) is 3.69. The van der Waals surface area contributed by atoms with Crippen molar-refractivity contribution in [2.45, 2.75) is 0 Å². The maximum Gasteiger partial charge on any atom is 0.265 e. The van der Waals surface area contributed by atoms with Gasteiger partial charge in [-0.1, -0.05) is 11.6 Å². The van der Waals surface area contributed by atoms with E-state index in [1.165, 1.54) is 25.6 Å². The van der Waals surface area contributed by atoms with Crippen molar-refractivity contribution >= 4 is 61.2 Å². The van der Waals surface area contributed by atoms with Gasteiger partial charge in [-0.2, -0.15) is 0 Å². The minimum Gasteiger partial charge on any atom is -0.495 e. The van der Waals surface area contributed by atoms with Crippen LogP contribution < -0.4 is 14.8 Å². The van der Waals surface area contributed by atoms with E-state index < -0.39 is 0 Å². The van der Waals surface area contributed by atoms with Gasteiger partial charge in [-0.25, -0.2) is 4.98 Å². The highest BCUT2D eigenvalue weighted by Crippen LogP contribution is 2.36. The van der Waals surface area contributed by atoms with Crippen LogP contribution in [0.4, 0.5) is 5.69 Å². The van der Waals surface area contributed by atoms with Gasteiger partial charge in [-0.15, -0.1) is 22.7 Å². The Morgan fingerprint density at radius 2 is 2.04 bits per heavy atom. The van der Waals surface area contributed by atoms with E-state index in [0.717, 1.165) is 15.3 Å². The van der Waals surface area contributed by atoms with Crippen molar-refractivity contribution in [1.29, 1.82) is 0 Å². The molecule has 6 nitrogen and oxygen atoms in total. The van der Waals surface area contributed by atoms with Crippen LogP contribution in [0.5, 0.6) is 11.5 Å². The first kappa shape index (κ1) is 16.2. The van der Waals surface area contributed by atoms with Crippen LogP contribution in [0.2, 0.25) is 5.02 Å². The topological polar surface area (TPSA) is 64.9 Å². The van der Waals surface area contributed by atoms with Gasteiger partial charge in [0.05, 0.1) is 35.3 Å². The zero-order valence-electron chi connectivity index (χ0n) is 13.2. The van der Waals surface area contributed by atoms with E-state index >= 15 is 0 Å². The molecule has 128 valence electrons. The lowest BCUT2D eigenvalue weighted by Crippen LogP contribution is -2.11. The Morgan fingerprint density at radius 3 is 2.80 bits per heavy atom. The molecule has 1 amide bonds. The number of hydrogen-bond acceptors (Lipinski definition) is 6. The number of rotatable bonds is 4. The van der Waals surface area contributed by atoms with Crippen molar-refractivity contribution in [1.82, 2.24) is 9.38 Å². The molecule has 25 heavy (non-hydrogen) atoms. The monoisotopic (exact) mass is 393 g/mol. The summed E-state index contributed by atoms with van der Waals surface area (Å²) in [5.74, 6) is 0.705. The number of fused-ring (bicyclic) bond motifs is 3. The average Bonchev–Trinajstić information content (AvgIpc) is 3.26. The number of aromatic nitrogens is 2. The fourth-order valence-electron chi connectivity index (χ4n) is 2.50. The van der Waals surface area contributed by atoms with E-state index in [1.807, 2.05) is 22.0 Å². The van der Waals surface area contributed by atoms with Gasteiger partial charge in [0.2, 0.25) is 0 Å². The molecular weight excluding hydrogens is 382 g/mol. The highest BCUT2D eigenvalue weighted by molar-refractivity contribution is 7.21. The van der Waals surface area contributed by atoms with Gasteiger partial charge in [0.15, 0.2) is 4.96 Å². The van der Waals surface area contributed by atoms with Crippen molar-refractivity contribution in [2.75, 3.05) is 19.5 Å². The molecule has 0 atom stereocenters. The Balaban J connectivity index is 1.67. The van der Waals surface area contributed by atoms with E-state index in [9.17, 15) is 4.79 Å². The van der Waals surface area contributed by atoms with Gasteiger partial charge in [-0.3, -0.25) is 9.20 Å². The number of thiophene rings is 1. The Hall–Kier alpha value is -2.29. The van der Waals surface area contributed by atoms with E-state index in [2.05, 4.69) is 10.3 Å². The summed E-state index contributed by atoms with van der Waals surface area (Å²) in [7, 11) is 3.04. The molecule has 0 aliphatic carbocycles. The Morgan fingerprint density at radius 1 is 1.24 bits per heavy atom. The Kier molecular flexibility index (Phi) is 4.03. The lowest BCUT2D eigenvalue weighted by Gasteiger charge is -2.12. The first-order valence-electron chi connectivity index (χ1n) is 7.18. The van der Waals surface area contributed by atoms with Crippen LogP contribution in [0.1, 0.15) is 9.67 Å². The van der Waals surface area contributed by atoms with Crippen LogP contribution in [0.25, 0.3) is 15.3 Å². The minimum atomic E-state index is -0.244. The third kappa shape index (κ3) is 2.72. The highest BCUT2D eigenvalue weighted by Gasteiger charge is 2.18. The van der Waals surface area contributed by atoms with Gasteiger partial charge in [-0.05, 0) is 12.1 Å². The fourth-order valence-corrected chi connectivity index (χ4v) is 4.44. The SMILES string of the molecule is COc1cc(OC)c(NC(=O)c2cc3c(nc4sccn43)s2)cc1Cl. The predicted molar refractivity (Wildman–Crippen MR) is 101 cm³/mol. The predicted octanol–water partition coefficient (Wildman–Crippen LogP) is 4.53. The molecule has 0 saturated carbocycles. The number of halogens is 1. The number of thiazole rings is 1. The van der Waals surface area contributed by atoms with E-state index in [-0.39, 0.29) is 5.91 Å². The van der Waals surface area contributed by atoms with Crippen LogP contribution in [-0.4, -0.2) is 29.5 Å². The number of imidazole rings is 1. The Bertz CT molecular complexity index is 1100. The summed E-state index contributed by atoms with van der Waals surface area (Å²) in [6.45, 7) is 0. The molecular formula is C16H12ClN3O3S2. The largest absolute Gasteiger partial charge is 0.495 e. The second kappa shape index (κ2) is 6.21. The number of carbonyl (C=O) groups is 1. The summed E-state index contributed by atoms with van der Waals surface area (Å²) in [6.07, 6.45) is 1.94. The molecule has 9 heteroatoms. The quantitative estimate of drug-likeness (QED) is 0.553. The summed E-state index contributed by atoms with van der Waals surface area (Å²) in [4.78, 5) is 19.4. The average molecular weight is 394 g/mol. The number of hydrogen-bond donors (Lipinski definition) is 1. The summed E-state index contributed by atoms with van der Waals surface area (Å²) in [5.41, 5.74) is 1.40. The molecule has 0 radical (unpaired) electrons. The lowest BCUT2D eigenvalue weighted by molar-refractivity contribution is 0.103. The number of nitrogens with one attached hydrogen (secondary N) is 1. The molecule has 0 aliphatic rings. The van der Waals surface area contributed by atoms with Gasteiger partial charge >= 0.3 is 0 Å². The molecule has 1 N–H and O–H groups in total. The molecule has 0 aliphatic heterocycles. The molecule has 4 aromatic rings. The van der Waals surface area contributed by atoms with Crippen molar-refractivity contribution in [2.24, 2.45) is 0 Å². The zero-order chi connectivity index (χ0) is 17.6. The fraction of sp³-hybridized carbons (Fsp3) is 0.125. The molecule has 0 saturated heterocycles. The zero-order valence-corrected chi connectivity index (χ0v) is 15.6. The number of nitrogens with zero attached hydrogens (tertiary/aromatic N) is 2. The van der Waals surface area contributed by atoms with Gasteiger partial charge in [0, 0.05) is 17.6 Å². The summed E-state index contributed by atoms with van der Waals surface area (Å²) in [6, 6.07) is 5.07. The summed E-state index contributed by atoms with van der Waals surface area (Å²) >= 11 is 9.05. The van der Waals surface area contributed by atoms with E-state index in [4.69, 9.17) is 21.1 Å².